The molecule has 0 atom stereocenters. The SMILES string of the molecule is Cc1nc2cc(F)c(F)cc2n1CC(=O)N1CCN(CCc2ccncc2)CC1. The minimum atomic E-state index is -0.936. The van der Waals surface area contributed by atoms with Crippen molar-refractivity contribution in [1.29, 1.82) is 0 Å². The Kier molecular flexibility index (Phi) is 5.53. The first-order valence-corrected chi connectivity index (χ1v) is 9.72. The van der Waals surface area contributed by atoms with Crippen LogP contribution >= 0.6 is 0 Å². The van der Waals surface area contributed by atoms with Gasteiger partial charge in [-0.3, -0.25) is 14.7 Å². The molecule has 0 unspecified atom stereocenters. The number of hydrogen-bond donors (Lipinski definition) is 0. The third-order valence-electron chi connectivity index (χ3n) is 5.47. The molecular formula is C21H23F2N5O. The monoisotopic (exact) mass is 399 g/mol. The zero-order chi connectivity index (χ0) is 20.4. The first kappa shape index (κ1) is 19.4. The van der Waals surface area contributed by atoms with Gasteiger partial charge in [0.2, 0.25) is 5.91 Å². The maximum Gasteiger partial charge on any atom is 0.242 e. The van der Waals surface area contributed by atoms with Gasteiger partial charge in [-0.05, 0) is 31.0 Å². The number of nitrogens with zero attached hydrogens (tertiary/aromatic N) is 5. The number of benzene rings is 1. The standard InChI is InChI=1S/C21H23F2N5O/c1-15-25-19-12-17(22)18(23)13-20(19)28(15)14-21(29)27-10-8-26(9-11-27)7-4-16-2-5-24-6-3-16/h2-3,5-6,12-13H,4,7-11,14H2,1H3. The summed E-state index contributed by atoms with van der Waals surface area (Å²) in [4.78, 5) is 25.2. The highest BCUT2D eigenvalue weighted by Gasteiger charge is 2.22. The molecule has 152 valence electrons. The van der Waals surface area contributed by atoms with E-state index in [4.69, 9.17) is 0 Å². The molecule has 6 nitrogen and oxygen atoms in total. The van der Waals surface area contributed by atoms with Gasteiger partial charge in [-0.25, -0.2) is 13.8 Å². The molecule has 1 aliphatic heterocycles. The lowest BCUT2D eigenvalue weighted by atomic mass is 10.2. The van der Waals surface area contributed by atoms with Crippen molar-refractivity contribution in [2.24, 2.45) is 0 Å². The van der Waals surface area contributed by atoms with E-state index in [2.05, 4.69) is 14.9 Å². The smallest absolute Gasteiger partial charge is 0.242 e. The highest BCUT2D eigenvalue weighted by atomic mass is 19.2. The van der Waals surface area contributed by atoms with E-state index in [1.54, 1.807) is 23.9 Å². The third-order valence-corrected chi connectivity index (χ3v) is 5.47. The van der Waals surface area contributed by atoms with Crippen molar-refractivity contribution in [3.05, 3.63) is 59.7 Å². The fourth-order valence-corrected chi connectivity index (χ4v) is 3.73. The number of carbonyl (C=O) groups is 1. The molecule has 0 bridgehead atoms. The lowest BCUT2D eigenvalue weighted by molar-refractivity contribution is -0.133. The number of aryl methyl sites for hydroxylation is 1. The van der Waals surface area contributed by atoms with Crippen molar-refractivity contribution in [2.75, 3.05) is 32.7 Å². The number of aromatic nitrogens is 3. The summed E-state index contributed by atoms with van der Waals surface area (Å²) in [6, 6.07) is 6.22. The number of amides is 1. The van der Waals surface area contributed by atoms with Gasteiger partial charge in [-0.15, -0.1) is 0 Å². The van der Waals surface area contributed by atoms with Gasteiger partial charge in [0, 0.05) is 57.3 Å². The second-order valence-corrected chi connectivity index (χ2v) is 7.33. The summed E-state index contributed by atoms with van der Waals surface area (Å²) >= 11 is 0. The minimum absolute atomic E-state index is 0.0362. The molecule has 0 radical (unpaired) electrons. The van der Waals surface area contributed by atoms with Crippen LogP contribution in [0, 0.1) is 18.6 Å². The minimum Gasteiger partial charge on any atom is -0.339 e. The second-order valence-electron chi connectivity index (χ2n) is 7.33. The maximum absolute atomic E-state index is 13.6. The molecule has 0 N–H and O–H groups in total. The molecule has 8 heteroatoms. The van der Waals surface area contributed by atoms with Crippen molar-refractivity contribution < 1.29 is 13.6 Å². The van der Waals surface area contributed by atoms with Gasteiger partial charge in [0.15, 0.2) is 11.6 Å². The number of rotatable bonds is 5. The number of carbonyl (C=O) groups excluding carboxylic acids is 1. The molecular weight excluding hydrogens is 376 g/mol. The number of imidazole rings is 1. The largest absolute Gasteiger partial charge is 0.339 e. The highest BCUT2D eigenvalue weighted by Crippen LogP contribution is 2.20. The van der Waals surface area contributed by atoms with E-state index >= 15 is 0 Å². The lowest BCUT2D eigenvalue weighted by Gasteiger charge is -2.35. The van der Waals surface area contributed by atoms with E-state index < -0.39 is 11.6 Å². The number of pyridine rings is 1. The van der Waals surface area contributed by atoms with Crippen LogP contribution in [0.5, 0.6) is 0 Å². The molecule has 3 heterocycles. The average molecular weight is 399 g/mol. The van der Waals surface area contributed by atoms with Crippen LogP contribution in [-0.4, -0.2) is 63.0 Å². The van der Waals surface area contributed by atoms with E-state index in [0.29, 0.717) is 29.9 Å². The van der Waals surface area contributed by atoms with Crippen LogP contribution in [0.4, 0.5) is 8.78 Å². The molecule has 1 aromatic carbocycles. The first-order chi connectivity index (χ1) is 14.0. The van der Waals surface area contributed by atoms with E-state index in [-0.39, 0.29) is 12.5 Å². The van der Waals surface area contributed by atoms with Crippen LogP contribution in [0.3, 0.4) is 0 Å². The van der Waals surface area contributed by atoms with Crippen molar-refractivity contribution in [2.45, 2.75) is 19.9 Å². The predicted molar refractivity (Wildman–Crippen MR) is 105 cm³/mol. The zero-order valence-corrected chi connectivity index (χ0v) is 16.3. The van der Waals surface area contributed by atoms with Gasteiger partial charge in [0.05, 0.1) is 11.0 Å². The maximum atomic E-state index is 13.6. The number of halogens is 2. The molecule has 1 aliphatic rings. The van der Waals surface area contributed by atoms with Crippen LogP contribution < -0.4 is 0 Å². The summed E-state index contributed by atoms with van der Waals surface area (Å²) < 4.78 is 28.7. The Hall–Kier alpha value is -2.87. The number of piperazine rings is 1. The van der Waals surface area contributed by atoms with Crippen LogP contribution in [0.15, 0.2) is 36.7 Å². The van der Waals surface area contributed by atoms with Gasteiger partial charge < -0.3 is 9.47 Å². The van der Waals surface area contributed by atoms with Gasteiger partial charge >= 0.3 is 0 Å². The van der Waals surface area contributed by atoms with Crippen molar-refractivity contribution >= 4 is 16.9 Å². The molecule has 1 amide bonds. The summed E-state index contributed by atoms with van der Waals surface area (Å²) in [5, 5.41) is 0. The molecule has 0 spiro atoms. The number of hydrogen-bond acceptors (Lipinski definition) is 4. The van der Waals surface area contributed by atoms with E-state index in [9.17, 15) is 13.6 Å². The van der Waals surface area contributed by atoms with E-state index in [1.807, 2.05) is 17.0 Å². The fraction of sp³-hybridized carbons (Fsp3) is 0.381. The highest BCUT2D eigenvalue weighted by molar-refractivity contribution is 5.81. The summed E-state index contributed by atoms with van der Waals surface area (Å²) in [6.45, 7) is 5.71. The average Bonchev–Trinajstić information content (AvgIpc) is 3.02. The predicted octanol–water partition coefficient (Wildman–Crippen LogP) is 2.40. The summed E-state index contributed by atoms with van der Waals surface area (Å²) in [5.74, 6) is -1.34. The topological polar surface area (TPSA) is 54.3 Å². The Bertz CT molecular complexity index is 1010. The summed E-state index contributed by atoms with van der Waals surface area (Å²) in [7, 11) is 0. The normalized spacial score (nSPS) is 15.2. The number of fused-ring (bicyclic) bond motifs is 1. The lowest BCUT2D eigenvalue weighted by Crippen LogP contribution is -2.49. The zero-order valence-electron chi connectivity index (χ0n) is 16.3. The van der Waals surface area contributed by atoms with Crippen molar-refractivity contribution in [1.82, 2.24) is 24.3 Å². The molecule has 4 rings (SSSR count). The van der Waals surface area contributed by atoms with Crippen molar-refractivity contribution in [3.63, 3.8) is 0 Å². The second kappa shape index (κ2) is 8.24. The molecule has 3 aromatic rings. The van der Waals surface area contributed by atoms with Crippen LogP contribution in [0.2, 0.25) is 0 Å². The van der Waals surface area contributed by atoms with Crippen LogP contribution in [0.25, 0.3) is 11.0 Å². The van der Waals surface area contributed by atoms with Gasteiger partial charge in [-0.1, -0.05) is 0 Å². The molecule has 0 aliphatic carbocycles. The van der Waals surface area contributed by atoms with E-state index in [1.165, 1.54) is 5.56 Å². The first-order valence-electron chi connectivity index (χ1n) is 9.72. The van der Waals surface area contributed by atoms with Crippen molar-refractivity contribution in [3.8, 4) is 0 Å². The molecule has 1 saturated heterocycles. The Morgan fingerprint density at radius 1 is 1.07 bits per heavy atom. The molecule has 29 heavy (non-hydrogen) atoms. The Morgan fingerprint density at radius 2 is 1.76 bits per heavy atom. The van der Waals surface area contributed by atoms with Gasteiger partial charge in [-0.2, -0.15) is 0 Å². The fourth-order valence-electron chi connectivity index (χ4n) is 3.73. The third kappa shape index (κ3) is 4.27. The Labute approximate surface area is 167 Å². The molecule has 0 saturated carbocycles. The molecule has 1 fully saturated rings. The van der Waals surface area contributed by atoms with Crippen LogP contribution in [0.1, 0.15) is 11.4 Å². The van der Waals surface area contributed by atoms with Gasteiger partial charge in [0.1, 0.15) is 12.4 Å². The molecule has 2 aromatic heterocycles. The Balaban J connectivity index is 1.35. The summed E-state index contributed by atoms with van der Waals surface area (Å²) in [6.07, 6.45) is 4.56. The van der Waals surface area contributed by atoms with E-state index in [0.717, 1.165) is 38.2 Å². The summed E-state index contributed by atoms with van der Waals surface area (Å²) in [5.41, 5.74) is 2.05. The quantitative estimate of drug-likeness (QED) is 0.661. The Morgan fingerprint density at radius 3 is 2.48 bits per heavy atom. The van der Waals surface area contributed by atoms with Gasteiger partial charge in [0.25, 0.3) is 0 Å². The van der Waals surface area contributed by atoms with Crippen LogP contribution in [-0.2, 0) is 17.8 Å².